The Hall–Kier alpha value is -1.88. The Morgan fingerprint density at radius 1 is 1.04 bits per heavy atom. The monoisotopic (exact) mass is 363 g/mol. The fourth-order valence-electron chi connectivity index (χ4n) is 2.15. The van der Waals surface area contributed by atoms with Crippen LogP contribution in [0.15, 0.2) is 59.4 Å². The van der Waals surface area contributed by atoms with Crippen LogP contribution in [0.1, 0.15) is 20.8 Å². The predicted octanol–water partition coefficient (Wildman–Crippen LogP) is 4.50. The highest BCUT2D eigenvalue weighted by atomic mass is 35.5. The van der Waals surface area contributed by atoms with Gasteiger partial charge in [0.15, 0.2) is 0 Å². The van der Waals surface area contributed by atoms with Crippen molar-refractivity contribution in [2.24, 2.45) is 0 Å². The van der Waals surface area contributed by atoms with Crippen LogP contribution >= 0.6 is 34.7 Å². The number of halogens is 2. The van der Waals surface area contributed by atoms with Gasteiger partial charge in [0.1, 0.15) is 0 Å². The first-order valence-electron chi connectivity index (χ1n) is 6.79. The molecule has 3 aromatic rings. The van der Waals surface area contributed by atoms with Crippen molar-refractivity contribution in [1.29, 1.82) is 0 Å². The Balaban J connectivity index is 1.91. The molecular weight excluding hydrogens is 353 g/mol. The van der Waals surface area contributed by atoms with Gasteiger partial charge in [0.2, 0.25) is 5.78 Å². The van der Waals surface area contributed by atoms with Gasteiger partial charge in [-0.3, -0.25) is 13.5 Å². The van der Waals surface area contributed by atoms with Gasteiger partial charge in [-0.05, 0) is 23.8 Å². The van der Waals surface area contributed by atoms with E-state index in [1.807, 2.05) is 30.3 Å². The van der Waals surface area contributed by atoms with Crippen molar-refractivity contribution in [3.05, 3.63) is 91.0 Å². The van der Waals surface area contributed by atoms with Crippen LogP contribution in [0.2, 0.25) is 10.0 Å². The Bertz CT molecular complexity index is 916. The topological polar surface area (TPSA) is 39.1 Å². The van der Waals surface area contributed by atoms with Gasteiger partial charge in [0.25, 0.3) is 5.56 Å². The molecule has 0 aliphatic rings. The number of aromatic nitrogens is 1. The van der Waals surface area contributed by atoms with Gasteiger partial charge < -0.3 is 0 Å². The zero-order chi connectivity index (χ0) is 16.4. The standard InChI is InChI=1S/C17H11Cl2NO2S/c18-12-6-7-13(14(19)8-12)17(22)15-9-16(21)20(23-15)10-11-4-2-1-3-5-11/h1-9H,10H2. The minimum Gasteiger partial charge on any atom is -0.288 e. The van der Waals surface area contributed by atoms with Gasteiger partial charge in [-0.1, -0.05) is 65.1 Å². The highest BCUT2D eigenvalue weighted by molar-refractivity contribution is 7.08. The molecule has 0 spiro atoms. The molecule has 1 heterocycles. The third kappa shape index (κ3) is 3.55. The normalized spacial score (nSPS) is 10.7. The van der Waals surface area contributed by atoms with Crippen molar-refractivity contribution in [3.8, 4) is 0 Å². The Labute approximate surface area is 146 Å². The van der Waals surface area contributed by atoms with Crippen LogP contribution in [-0.4, -0.2) is 9.74 Å². The summed E-state index contributed by atoms with van der Waals surface area (Å²) in [5.41, 5.74) is 1.14. The van der Waals surface area contributed by atoms with E-state index in [0.29, 0.717) is 22.0 Å². The van der Waals surface area contributed by atoms with Crippen LogP contribution in [0, 0.1) is 0 Å². The Morgan fingerprint density at radius 2 is 1.78 bits per heavy atom. The fraction of sp³-hybridized carbons (Fsp3) is 0.0588. The van der Waals surface area contributed by atoms with E-state index in [4.69, 9.17) is 23.2 Å². The smallest absolute Gasteiger partial charge is 0.261 e. The van der Waals surface area contributed by atoms with Crippen LogP contribution < -0.4 is 5.56 Å². The van der Waals surface area contributed by atoms with E-state index in [1.165, 1.54) is 12.1 Å². The quantitative estimate of drug-likeness (QED) is 0.640. The lowest BCUT2D eigenvalue weighted by Gasteiger charge is -2.02. The second-order valence-electron chi connectivity index (χ2n) is 4.91. The molecular formula is C17H11Cl2NO2S. The SMILES string of the molecule is O=C(c1cc(=O)n(Cc2ccccc2)s1)c1ccc(Cl)cc1Cl. The van der Waals surface area contributed by atoms with Crippen LogP contribution in [-0.2, 0) is 6.54 Å². The zero-order valence-electron chi connectivity index (χ0n) is 11.8. The molecule has 23 heavy (non-hydrogen) atoms. The van der Waals surface area contributed by atoms with E-state index in [-0.39, 0.29) is 16.4 Å². The molecule has 0 saturated heterocycles. The number of ketones is 1. The summed E-state index contributed by atoms with van der Waals surface area (Å²) in [7, 11) is 0. The van der Waals surface area contributed by atoms with Crippen LogP contribution in [0.3, 0.4) is 0 Å². The molecule has 0 aliphatic heterocycles. The number of nitrogens with zero attached hydrogens (tertiary/aromatic N) is 1. The number of carbonyl (C=O) groups excluding carboxylic acids is 1. The number of hydrogen-bond donors (Lipinski definition) is 0. The first-order valence-corrected chi connectivity index (χ1v) is 8.32. The van der Waals surface area contributed by atoms with Gasteiger partial charge >= 0.3 is 0 Å². The first-order chi connectivity index (χ1) is 11.0. The summed E-state index contributed by atoms with van der Waals surface area (Å²) in [5, 5.41) is 0.736. The zero-order valence-corrected chi connectivity index (χ0v) is 14.2. The van der Waals surface area contributed by atoms with E-state index >= 15 is 0 Å². The summed E-state index contributed by atoms with van der Waals surface area (Å²) in [6.45, 7) is 0.436. The minimum atomic E-state index is -0.277. The lowest BCUT2D eigenvalue weighted by molar-refractivity contribution is 0.104. The van der Waals surface area contributed by atoms with E-state index in [9.17, 15) is 9.59 Å². The summed E-state index contributed by atoms with van der Waals surface area (Å²) in [6, 6.07) is 15.6. The molecule has 2 aromatic carbocycles. The van der Waals surface area contributed by atoms with E-state index in [0.717, 1.165) is 17.1 Å². The molecule has 6 heteroatoms. The fourth-order valence-corrected chi connectivity index (χ4v) is 3.58. The second kappa shape index (κ2) is 6.71. The maximum Gasteiger partial charge on any atom is 0.261 e. The second-order valence-corrected chi connectivity index (χ2v) is 6.82. The average Bonchev–Trinajstić information content (AvgIpc) is 2.89. The van der Waals surface area contributed by atoms with Gasteiger partial charge in [-0.2, -0.15) is 0 Å². The minimum absolute atomic E-state index is 0.202. The molecule has 116 valence electrons. The van der Waals surface area contributed by atoms with E-state index < -0.39 is 0 Å². The van der Waals surface area contributed by atoms with Crippen molar-refractivity contribution in [2.45, 2.75) is 6.54 Å². The van der Waals surface area contributed by atoms with Crippen molar-refractivity contribution in [1.82, 2.24) is 3.96 Å². The molecule has 1 aromatic heterocycles. The molecule has 0 bridgehead atoms. The van der Waals surface area contributed by atoms with Crippen LogP contribution in [0.4, 0.5) is 0 Å². The third-order valence-corrected chi connectivity index (χ3v) is 4.85. The summed E-state index contributed by atoms with van der Waals surface area (Å²) in [5.74, 6) is -0.277. The molecule has 0 unspecified atom stereocenters. The highest BCUT2D eigenvalue weighted by Crippen LogP contribution is 2.24. The van der Waals surface area contributed by atoms with Crippen molar-refractivity contribution >= 4 is 40.5 Å². The van der Waals surface area contributed by atoms with Gasteiger partial charge in [-0.25, -0.2) is 0 Å². The predicted molar refractivity (Wildman–Crippen MR) is 94.0 cm³/mol. The van der Waals surface area contributed by atoms with Gasteiger partial charge in [0.05, 0.1) is 16.4 Å². The van der Waals surface area contributed by atoms with Gasteiger partial charge in [-0.15, -0.1) is 0 Å². The summed E-state index contributed by atoms with van der Waals surface area (Å²) < 4.78 is 1.55. The van der Waals surface area contributed by atoms with Crippen LogP contribution in [0.25, 0.3) is 0 Å². The summed E-state index contributed by atoms with van der Waals surface area (Å²) >= 11 is 13.0. The number of carbonyl (C=O) groups is 1. The highest BCUT2D eigenvalue weighted by Gasteiger charge is 2.17. The molecule has 3 nitrogen and oxygen atoms in total. The first kappa shape index (κ1) is 16.0. The van der Waals surface area contributed by atoms with Crippen molar-refractivity contribution in [3.63, 3.8) is 0 Å². The average molecular weight is 364 g/mol. The number of rotatable bonds is 4. The van der Waals surface area contributed by atoms with E-state index in [2.05, 4.69) is 0 Å². The molecule has 0 fully saturated rings. The number of hydrogen-bond acceptors (Lipinski definition) is 3. The van der Waals surface area contributed by atoms with Gasteiger partial charge in [0, 0.05) is 16.7 Å². The molecule has 3 rings (SSSR count). The molecule has 0 amide bonds. The maximum atomic E-state index is 12.5. The van der Waals surface area contributed by atoms with Crippen molar-refractivity contribution in [2.75, 3.05) is 0 Å². The summed E-state index contributed by atoms with van der Waals surface area (Å²) in [6.07, 6.45) is 0. The Morgan fingerprint density at radius 3 is 2.48 bits per heavy atom. The Kier molecular flexibility index (Phi) is 4.66. The van der Waals surface area contributed by atoms with Crippen molar-refractivity contribution < 1.29 is 4.79 Å². The summed E-state index contributed by atoms with van der Waals surface area (Å²) in [4.78, 5) is 25.0. The molecule has 0 radical (unpaired) electrons. The molecule has 0 N–H and O–H groups in total. The molecule has 0 atom stereocenters. The van der Waals surface area contributed by atoms with E-state index in [1.54, 1.807) is 16.1 Å². The van der Waals surface area contributed by atoms with Crippen LogP contribution in [0.5, 0.6) is 0 Å². The maximum absolute atomic E-state index is 12.5. The molecule has 0 aliphatic carbocycles. The lowest BCUT2D eigenvalue weighted by Crippen LogP contribution is -2.12. The lowest BCUT2D eigenvalue weighted by atomic mass is 10.1. The third-order valence-electron chi connectivity index (χ3n) is 3.28. The molecule has 0 saturated carbocycles. The number of benzene rings is 2. The largest absolute Gasteiger partial charge is 0.288 e.